The molecule has 27 heavy (non-hydrogen) atoms. The number of nitrogens with one attached hydrogen (secondary N) is 1. The third-order valence-corrected chi connectivity index (χ3v) is 4.89. The fourth-order valence-electron chi connectivity index (χ4n) is 3.28. The molecule has 0 saturated carbocycles. The van der Waals surface area contributed by atoms with Crippen LogP contribution in [0.15, 0.2) is 24.4 Å². The third kappa shape index (κ3) is 3.65. The van der Waals surface area contributed by atoms with E-state index in [1.165, 1.54) is 7.11 Å². The Bertz CT molecular complexity index is 889. The number of ether oxygens (including phenoxy) is 2. The van der Waals surface area contributed by atoms with E-state index in [9.17, 15) is 14.0 Å². The second-order valence-electron chi connectivity index (χ2n) is 6.58. The summed E-state index contributed by atoms with van der Waals surface area (Å²) in [4.78, 5) is 27.5. The molecule has 2 amide bonds. The lowest BCUT2D eigenvalue weighted by molar-refractivity contribution is -0.129. The van der Waals surface area contributed by atoms with E-state index in [-0.39, 0.29) is 31.1 Å². The maximum atomic E-state index is 14.3. The molecule has 1 saturated heterocycles. The van der Waals surface area contributed by atoms with Crippen molar-refractivity contribution in [2.75, 3.05) is 13.7 Å². The summed E-state index contributed by atoms with van der Waals surface area (Å²) in [6, 6.07) is 4.75. The Morgan fingerprint density at radius 3 is 2.89 bits per heavy atom. The van der Waals surface area contributed by atoms with E-state index in [0.29, 0.717) is 23.4 Å². The molecule has 1 fully saturated rings. The zero-order chi connectivity index (χ0) is 19.6. The fraction of sp³-hybridized carbons (Fsp3) is 0.421. The van der Waals surface area contributed by atoms with Gasteiger partial charge in [-0.25, -0.2) is 9.37 Å². The molecule has 0 radical (unpaired) electrons. The minimum absolute atomic E-state index is 0.143. The first kappa shape index (κ1) is 18.9. The summed E-state index contributed by atoms with van der Waals surface area (Å²) in [6.07, 6.45) is 2.33. The van der Waals surface area contributed by atoms with Crippen LogP contribution >= 0.6 is 0 Å². The van der Waals surface area contributed by atoms with Crippen LogP contribution in [0.25, 0.3) is 10.8 Å². The van der Waals surface area contributed by atoms with Gasteiger partial charge in [-0.05, 0) is 30.0 Å². The molecule has 144 valence electrons. The summed E-state index contributed by atoms with van der Waals surface area (Å²) in [5.41, 5.74) is 3.86. The first-order valence-corrected chi connectivity index (χ1v) is 8.77. The number of methoxy groups -OCH3 is 1. The highest BCUT2D eigenvalue weighted by atomic mass is 19.1. The maximum absolute atomic E-state index is 14.3. The number of nitrogens with zero attached hydrogens (tertiary/aromatic N) is 1. The van der Waals surface area contributed by atoms with Crippen LogP contribution in [0.5, 0.6) is 11.6 Å². The molecule has 1 aromatic carbocycles. The number of aromatic nitrogens is 1. The van der Waals surface area contributed by atoms with Gasteiger partial charge in [-0.2, -0.15) is 0 Å². The Hall–Kier alpha value is -2.90. The molecular formula is C19H22FN3O4. The number of fused-ring (bicyclic) bond motifs is 1. The lowest BCUT2D eigenvalue weighted by atomic mass is 9.98. The summed E-state index contributed by atoms with van der Waals surface area (Å²) >= 11 is 0. The predicted octanol–water partition coefficient (Wildman–Crippen LogP) is 2.12. The number of halogens is 1. The van der Waals surface area contributed by atoms with Crippen molar-refractivity contribution in [3.8, 4) is 11.6 Å². The summed E-state index contributed by atoms with van der Waals surface area (Å²) in [7, 11) is 1.45. The molecule has 0 spiro atoms. The van der Waals surface area contributed by atoms with E-state index < -0.39 is 17.5 Å². The van der Waals surface area contributed by atoms with Crippen LogP contribution in [0.1, 0.15) is 36.5 Å². The van der Waals surface area contributed by atoms with E-state index in [1.807, 2.05) is 0 Å². The number of alkyl halides is 1. The van der Waals surface area contributed by atoms with Crippen molar-refractivity contribution in [1.82, 2.24) is 10.3 Å². The Morgan fingerprint density at radius 1 is 1.48 bits per heavy atom. The van der Waals surface area contributed by atoms with Crippen LogP contribution in [-0.2, 0) is 4.79 Å². The van der Waals surface area contributed by atoms with Crippen molar-refractivity contribution in [2.24, 2.45) is 5.73 Å². The monoisotopic (exact) mass is 375 g/mol. The van der Waals surface area contributed by atoms with E-state index >= 15 is 0 Å². The fourth-order valence-corrected chi connectivity index (χ4v) is 3.28. The van der Waals surface area contributed by atoms with Crippen molar-refractivity contribution in [3.05, 3.63) is 30.0 Å². The van der Waals surface area contributed by atoms with Crippen LogP contribution in [0, 0.1) is 0 Å². The average molecular weight is 375 g/mol. The molecule has 0 unspecified atom stereocenters. The Morgan fingerprint density at radius 2 is 2.26 bits per heavy atom. The number of benzene rings is 1. The first-order chi connectivity index (χ1) is 12.9. The lowest BCUT2D eigenvalue weighted by Gasteiger charge is -2.14. The number of amides is 2. The molecule has 7 nitrogen and oxygen atoms in total. The summed E-state index contributed by atoms with van der Waals surface area (Å²) in [5.74, 6) is -0.438. The van der Waals surface area contributed by atoms with Gasteiger partial charge in [0.15, 0.2) is 5.67 Å². The van der Waals surface area contributed by atoms with Crippen molar-refractivity contribution >= 4 is 22.6 Å². The number of hydrogen-bond acceptors (Lipinski definition) is 5. The molecule has 0 aliphatic carbocycles. The number of primary amides is 1. The van der Waals surface area contributed by atoms with Crippen LogP contribution in [0.4, 0.5) is 4.39 Å². The first-order valence-electron chi connectivity index (χ1n) is 8.77. The molecule has 1 aromatic heterocycles. The molecule has 1 aliphatic rings. The van der Waals surface area contributed by atoms with Gasteiger partial charge in [0.1, 0.15) is 5.75 Å². The van der Waals surface area contributed by atoms with Crippen LogP contribution in [0.3, 0.4) is 0 Å². The quantitative estimate of drug-likeness (QED) is 0.771. The molecule has 2 aromatic rings. The third-order valence-electron chi connectivity index (χ3n) is 4.89. The highest BCUT2D eigenvalue weighted by molar-refractivity contribution is 6.01. The maximum Gasteiger partial charge on any atom is 0.257 e. The van der Waals surface area contributed by atoms with Crippen LogP contribution in [0.2, 0.25) is 0 Å². The zero-order valence-electron chi connectivity index (χ0n) is 15.3. The number of nitrogens with two attached hydrogens (primary N) is 1. The molecule has 3 N–H and O–H groups in total. The number of carbonyl (C=O) groups excluding carboxylic acids is 2. The van der Waals surface area contributed by atoms with Crippen molar-refractivity contribution in [1.29, 1.82) is 0 Å². The smallest absolute Gasteiger partial charge is 0.257 e. The van der Waals surface area contributed by atoms with Gasteiger partial charge in [-0.15, -0.1) is 0 Å². The predicted molar refractivity (Wildman–Crippen MR) is 97.6 cm³/mol. The molecular weight excluding hydrogens is 353 g/mol. The van der Waals surface area contributed by atoms with E-state index in [1.54, 1.807) is 31.3 Å². The normalized spacial score (nSPS) is 21.9. The zero-order valence-corrected chi connectivity index (χ0v) is 15.3. The molecule has 1 aliphatic heterocycles. The number of pyridine rings is 1. The van der Waals surface area contributed by atoms with Crippen molar-refractivity contribution in [2.45, 2.75) is 37.9 Å². The SMILES string of the molecule is CC[C@@]1(F)C[C@@H](CCOc2nccc3cc(C(N)=O)c(OC)cc23)NC1=O. The van der Waals surface area contributed by atoms with Crippen molar-refractivity contribution < 1.29 is 23.5 Å². The van der Waals surface area contributed by atoms with Gasteiger partial charge in [0.2, 0.25) is 5.88 Å². The highest BCUT2D eigenvalue weighted by Gasteiger charge is 2.45. The standard InChI is InChI=1S/C19H22FN3O4/c1-3-19(20)10-12(23-18(19)25)5-7-27-17-13-9-15(26-2)14(16(21)24)8-11(13)4-6-22-17/h4,6,8-9,12H,3,5,7,10H2,1-2H3,(H2,21,24)(H,23,25)/t12-,19-/m1/s1. The lowest BCUT2D eigenvalue weighted by Crippen LogP contribution is -2.33. The molecule has 2 heterocycles. The molecule has 0 bridgehead atoms. The van der Waals surface area contributed by atoms with E-state index in [0.717, 1.165) is 5.39 Å². The van der Waals surface area contributed by atoms with Gasteiger partial charge in [0, 0.05) is 30.5 Å². The van der Waals surface area contributed by atoms with Crippen molar-refractivity contribution in [3.63, 3.8) is 0 Å². The Labute approximate surface area is 156 Å². The summed E-state index contributed by atoms with van der Waals surface area (Å²) in [6.45, 7) is 1.92. The minimum Gasteiger partial charge on any atom is -0.496 e. The Balaban J connectivity index is 1.74. The van der Waals surface area contributed by atoms with Gasteiger partial charge >= 0.3 is 0 Å². The number of carbonyl (C=O) groups is 2. The Kier molecular flexibility index (Phi) is 5.16. The average Bonchev–Trinajstić information content (AvgIpc) is 2.95. The van der Waals surface area contributed by atoms with Gasteiger partial charge in [-0.1, -0.05) is 6.92 Å². The van der Waals surface area contributed by atoms with E-state index in [2.05, 4.69) is 10.3 Å². The van der Waals surface area contributed by atoms with Gasteiger partial charge < -0.3 is 20.5 Å². The molecule has 8 heteroatoms. The second kappa shape index (κ2) is 7.38. The number of hydrogen-bond donors (Lipinski definition) is 2. The second-order valence-corrected chi connectivity index (χ2v) is 6.58. The van der Waals surface area contributed by atoms with Crippen LogP contribution in [-0.4, -0.2) is 42.2 Å². The largest absolute Gasteiger partial charge is 0.496 e. The molecule has 3 rings (SSSR count). The van der Waals surface area contributed by atoms with Gasteiger partial charge in [0.25, 0.3) is 11.8 Å². The minimum atomic E-state index is -1.79. The highest BCUT2D eigenvalue weighted by Crippen LogP contribution is 2.32. The van der Waals surface area contributed by atoms with Gasteiger partial charge in [0.05, 0.1) is 19.3 Å². The van der Waals surface area contributed by atoms with E-state index in [4.69, 9.17) is 15.2 Å². The molecule has 2 atom stereocenters. The number of rotatable bonds is 7. The van der Waals surface area contributed by atoms with Crippen LogP contribution < -0.4 is 20.5 Å². The summed E-state index contributed by atoms with van der Waals surface area (Å²) < 4.78 is 25.3. The van der Waals surface area contributed by atoms with Gasteiger partial charge in [-0.3, -0.25) is 9.59 Å². The summed E-state index contributed by atoms with van der Waals surface area (Å²) in [5, 5.41) is 4.07. The topological polar surface area (TPSA) is 104 Å².